The van der Waals surface area contributed by atoms with E-state index in [1.54, 1.807) is 0 Å². The summed E-state index contributed by atoms with van der Waals surface area (Å²) in [5.41, 5.74) is 0. The molecule has 1 fully saturated rings. The van der Waals surface area contributed by atoms with Crippen molar-refractivity contribution < 1.29 is 5.11 Å². The van der Waals surface area contributed by atoms with Crippen molar-refractivity contribution in [2.24, 2.45) is 11.8 Å². The topological polar surface area (TPSA) is 20.2 Å². The van der Waals surface area contributed by atoms with E-state index in [0.717, 1.165) is 6.42 Å². The van der Waals surface area contributed by atoms with E-state index in [4.69, 9.17) is 0 Å². The SMILES string of the molecule is OC1CCCC1C1C=CCCC1. The molecular weight excluding hydrogens is 148 g/mol. The van der Waals surface area contributed by atoms with Gasteiger partial charge in [-0.1, -0.05) is 18.6 Å². The van der Waals surface area contributed by atoms with Gasteiger partial charge in [0.1, 0.15) is 0 Å². The zero-order valence-corrected chi connectivity index (χ0v) is 7.58. The van der Waals surface area contributed by atoms with Gasteiger partial charge in [-0.25, -0.2) is 0 Å². The number of aliphatic hydroxyl groups excluding tert-OH is 1. The van der Waals surface area contributed by atoms with E-state index in [1.807, 2.05) is 0 Å². The van der Waals surface area contributed by atoms with Gasteiger partial charge in [0.05, 0.1) is 6.10 Å². The highest BCUT2D eigenvalue weighted by molar-refractivity contribution is 4.98. The van der Waals surface area contributed by atoms with Gasteiger partial charge in [-0.2, -0.15) is 0 Å². The molecular formula is C11H18O. The van der Waals surface area contributed by atoms with Crippen molar-refractivity contribution in [2.45, 2.75) is 44.6 Å². The quantitative estimate of drug-likeness (QED) is 0.593. The van der Waals surface area contributed by atoms with Crippen LogP contribution in [0.15, 0.2) is 12.2 Å². The van der Waals surface area contributed by atoms with E-state index in [9.17, 15) is 5.11 Å². The van der Waals surface area contributed by atoms with Crippen molar-refractivity contribution in [1.29, 1.82) is 0 Å². The van der Waals surface area contributed by atoms with E-state index < -0.39 is 0 Å². The summed E-state index contributed by atoms with van der Waals surface area (Å²) in [6.45, 7) is 0. The van der Waals surface area contributed by atoms with Gasteiger partial charge < -0.3 is 5.11 Å². The molecule has 0 bridgehead atoms. The Kier molecular flexibility index (Phi) is 2.50. The molecule has 68 valence electrons. The van der Waals surface area contributed by atoms with Gasteiger partial charge in [0.15, 0.2) is 0 Å². The molecule has 2 aliphatic carbocycles. The van der Waals surface area contributed by atoms with Crippen LogP contribution in [0, 0.1) is 11.8 Å². The summed E-state index contributed by atoms with van der Waals surface area (Å²) in [7, 11) is 0. The zero-order valence-electron chi connectivity index (χ0n) is 7.58. The minimum absolute atomic E-state index is 0.00208. The Morgan fingerprint density at radius 2 is 2.00 bits per heavy atom. The van der Waals surface area contributed by atoms with Crippen molar-refractivity contribution in [3.8, 4) is 0 Å². The first kappa shape index (κ1) is 8.31. The highest BCUT2D eigenvalue weighted by atomic mass is 16.3. The molecule has 0 heterocycles. The largest absolute Gasteiger partial charge is 0.393 e. The number of aliphatic hydroxyl groups is 1. The molecule has 3 unspecified atom stereocenters. The highest BCUT2D eigenvalue weighted by Gasteiger charge is 2.31. The van der Waals surface area contributed by atoms with Crippen molar-refractivity contribution in [3.05, 3.63) is 12.2 Å². The second kappa shape index (κ2) is 3.61. The van der Waals surface area contributed by atoms with Crippen LogP contribution in [-0.2, 0) is 0 Å². The van der Waals surface area contributed by atoms with Gasteiger partial charge >= 0.3 is 0 Å². The molecule has 0 spiro atoms. The summed E-state index contributed by atoms with van der Waals surface area (Å²) in [4.78, 5) is 0. The summed E-state index contributed by atoms with van der Waals surface area (Å²) in [6, 6.07) is 0. The number of allylic oxidation sites excluding steroid dienone is 2. The summed E-state index contributed by atoms with van der Waals surface area (Å²) in [5.74, 6) is 1.28. The normalized spacial score (nSPS) is 41.9. The maximum atomic E-state index is 9.71. The van der Waals surface area contributed by atoms with Crippen LogP contribution >= 0.6 is 0 Å². The molecule has 0 aromatic carbocycles. The Hall–Kier alpha value is -0.300. The Balaban J connectivity index is 1.98. The lowest BCUT2D eigenvalue weighted by molar-refractivity contribution is 0.106. The minimum atomic E-state index is -0.00208. The smallest absolute Gasteiger partial charge is 0.0574 e. The molecule has 1 nitrogen and oxygen atoms in total. The molecule has 1 saturated carbocycles. The third kappa shape index (κ3) is 1.56. The highest BCUT2D eigenvalue weighted by Crippen LogP contribution is 2.36. The summed E-state index contributed by atoms with van der Waals surface area (Å²) >= 11 is 0. The van der Waals surface area contributed by atoms with Crippen LogP contribution in [0.2, 0.25) is 0 Å². The molecule has 0 radical (unpaired) electrons. The molecule has 2 rings (SSSR count). The number of hydrogen-bond acceptors (Lipinski definition) is 1. The Labute approximate surface area is 74.5 Å². The molecule has 12 heavy (non-hydrogen) atoms. The van der Waals surface area contributed by atoms with Crippen LogP contribution in [0.5, 0.6) is 0 Å². The fourth-order valence-corrected chi connectivity index (χ4v) is 2.66. The van der Waals surface area contributed by atoms with Crippen LogP contribution in [0.1, 0.15) is 38.5 Å². The monoisotopic (exact) mass is 166 g/mol. The molecule has 0 aromatic heterocycles. The van der Waals surface area contributed by atoms with Crippen LogP contribution in [0.4, 0.5) is 0 Å². The summed E-state index contributed by atoms with van der Waals surface area (Å²) in [6.07, 6.45) is 12.0. The lowest BCUT2D eigenvalue weighted by Gasteiger charge is -2.25. The van der Waals surface area contributed by atoms with Gasteiger partial charge in [0.25, 0.3) is 0 Å². The van der Waals surface area contributed by atoms with E-state index in [-0.39, 0.29) is 6.10 Å². The molecule has 0 amide bonds. The standard InChI is InChI=1S/C11H18O/c12-11-8-4-7-10(11)9-5-2-1-3-6-9/h2,5,9-12H,1,3-4,6-8H2. The van der Waals surface area contributed by atoms with Crippen LogP contribution in [-0.4, -0.2) is 11.2 Å². The molecule has 1 heteroatoms. The second-order valence-corrected chi connectivity index (χ2v) is 4.19. The zero-order chi connectivity index (χ0) is 8.39. The van der Waals surface area contributed by atoms with Crippen LogP contribution < -0.4 is 0 Å². The number of rotatable bonds is 1. The van der Waals surface area contributed by atoms with E-state index in [0.29, 0.717) is 11.8 Å². The molecule has 0 saturated heterocycles. The first-order valence-corrected chi connectivity index (χ1v) is 5.22. The summed E-state index contributed by atoms with van der Waals surface area (Å²) in [5, 5.41) is 9.71. The van der Waals surface area contributed by atoms with Crippen molar-refractivity contribution in [3.63, 3.8) is 0 Å². The van der Waals surface area contributed by atoms with Gasteiger partial charge in [-0.15, -0.1) is 0 Å². The Bertz CT molecular complexity index is 174. The molecule has 0 aliphatic heterocycles. The average molecular weight is 166 g/mol. The predicted molar refractivity (Wildman–Crippen MR) is 49.8 cm³/mol. The predicted octanol–water partition coefficient (Wildman–Crippen LogP) is 2.50. The lowest BCUT2D eigenvalue weighted by Crippen LogP contribution is -2.22. The van der Waals surface area contributed by atoms with E-state index >= 15 is 0 Å². The van der Waals surface area contributed by atoms with Gasteiger partial charge in [0, 0.05) is 0 Å². The van der Waals surface area contributed by atoms with Crippen molar-refractivity contribution in [2.75, 3.05) is 0 Å². The van der Waals surface area contributed by atoms with Crippen molar-refractivity contribution >= 4 is 0 Å². The lowest BCUT2D eigenvalue weighted by atomic mass is 9.82. The van der Waals surface area contributed by atoms with Gasteiger partial charge in [-0.3, -0.25) is 0 Å². The fourth-order valence-electron chi connectivity index (χ4n) is 2.66. The second-order valence-electron chi connectivity index (χ2n) is 4.19. The third-order valence-corrected chi connectivity index (χ3v) is 3.37. The molecule has 0 aromatic rings. The minimum Gasteiger partial charge on any atom is -0.393 e. The third-order valence-electron chi connectivity index (χ3n) is 3.37. The van der Waals surface area contributed by atoms with Gasteiger partial charge in [0.2, 0.25) is 0 Å². The summed E-state index contributed by atoms with van der Waals surface area (Å²) < 4.78 is 0. The van der Waals surface area contributed by atoms with E-state index in [1.165, 1.54) is 32.1 Å². The fraction of sp³-hybridized carbons (Fsp3) is 0.818. The Morgan fingerprint density at radius 1 is 1.08 bits per heavy atom. The molecule has 1 N–H and O–H groups in total. The maximum Gasteiger partial charge on any atom is 0.0574 e. The molecule has 3 atom stereocenters. The maximum absolute atomic E-state index is 9.71. The van der Waals surface area contributed by atoms with Crippen LogP contribution in [0.25, 0.3) is 0 Å². The first-order valence-electron chi connectivity index (χ1n) is 5.22. The molecule has 2 aliphatic rings. The Morgan fingerprint density at radius 3 is 2.58 bits per heavy atom. The first-order chi connectivity index (χ1) is 5.88. The van der Waals surface area contributed by atoms with Gasteiger partial charge in [-0.05, 0) is 43.9 Å². The average Bonchev–Trinajstić information content (AvgIpc) is 2.53. The van der Waals surface area contributed by atoms with Crippen molar-refractivity contribution in [1.82, 2.24) is 0 Å². The van der Waals surface area contributed by atoms with E-state index in [2.05, 4.69) is 12.2 Å². The van der Waals surface area contributed by atoms with Crippen LogP contribution in [0.3, 0.4) is 0 Å². The number of hydrogen-bond donors (Lipinski definition) is 1.